The van der Waals surface area contributed by atoms with Crippen molar-refractivity contribution in [1.82, 2.24) is 9.13 Å². The number of fused-ring (bicyclic) bond motifs is 8. The van der Waals surface area contributed by atoms with Crippen LogP contribution in [0.1, 0.15) is 151 Å². The molecule has 2 aliphatic carbocycles. The van der Waals surface area contributed by atoms with Gasteiger partial charge in [-0.25, -0.2) is 0 Å². The van der Waals surface area contributed by atoms with Gasteiger partial charge in [-0.3, -0.25) is 0 Å². The van der Waals surface area contributed by atoms with Crippen molar-refractivity contribution in [3.05, 3.63) is 251 Å². The standard InChI is InChI=1S/C86H82N4/c1-53(2)71-51-79(89(73-35-19-25-55-23-11-13-27-61(55)73)77-37-21-31-67-63-29-15-17-33-75(63)87(83(67)77)59-43-39-57(40-44-59)85(5,6)7)69-50-48-66-72(54(3)4)52-80(70-49-47-65(71)81(69)82(66)70)90(74-36-20-26-56-24-12-14-28-62(56)74)78-38-22-32-68-64-30-16-18-34-76(64)88(84(68)78)60-45-41-58(42-46-60)86(8,9)10/h15-22,25-26,29-54H,11-14,23-24,27-28H2,1-10H3. The predicted molar refractivity (Wildman–Crippen MR) is 387 cm³/mol. The van der Waals surface area contributed by atoms with E-state index >= 15 is 0 Å². The maximum absolute atomic E-state index is 2.73. The monoisotopic (exact) mass is 1170 g/mol. The summed E-state index contributed by atoms with van der Waals surface area (Å²) < 4.78 is 5.13. The van der Waals surface area contributed by atoms with Gasteiger partial charge in [-0.1, -0.05) is 203 Å². The molecule has 0 aliphatic heterocycles. The molecule has 0 fully saturated rings. The Kier molecular flexibility index (Phi) is 13.3. The van der Waals surface area contributed by atoms with E-state index in [0.717, 1.165) is 25.7 Å². The Bertz CT molecular complexity index is 4820. The highest BCUT2D eigenvalue weighted by Gasteiger charge is 2.32. The van der Waals surface area contributed by atoms with Gasteiger partial charge in [0.1, 0.15) is 0 Å². The van der Waals surface area contributed by atoms with E-state index in [9.17, 15) is 0 Å². The van der Waals surface area contributed by atoms with E-state index in [2.05, 4.69) is 294 Å². The molecule has 4 nitrogen and oxygen atoms in total. The smallest absolute Gasteiger partial charge is 0.0782 e. The second-order valence-electron chi connectivity index (χ2n) is 28.9. The van der Waals surface area contributed by atoms with Crippen LogP contribution in [0.15, 0.2) is 206 Å². The van der Waals surface area contributed by atoms with Crippen LogP contribution in [0.2, 0.25) is 0 Å². The Morgan fingerprint density at radius 1 is 0.322 bits per heavy atom. The highest BCUT2D eigenvalue weighted by atomic mass is 15.2. The van der Waals surface area contributed by atoms with Crippen molar-refractivity contribution in [3.8, 4) is 11.4 Å². The van der Waals surface area contributed by atoms with Crippen LogP contribution in [0, 0.1) is 0 Å². The van der Waals surface area contributed by atoms with E-state index < -0.39 is 0 Å². The molecule has 2 aliphatic rings. The summed E-state index contributed by atoms with van der Waals surface area (Å²) in [4.78, 5) is 5.45. The zero-order chi connectivity index (χ0) is 61.5. The molecule has 2 aromatic heterocycles. The van der Waals surface area contributed by atoms with Gasteiger partial charge in [-0.2, -0.15) is 0 Å². The molecule has 0 N–H and O–H groups in total. The summed E-state index contributed by atoms with van der Waals surface area (Å²) in [5.41, 5.74) is 25.9. The van der Waals surface area contributed by atoms with E-state index in [1.165, 1.54) is 192 Å². The third-order valence-corrected chi connectivity index (χ3v) is 20.7. The van der Waals surface area contributed by atoms with Gasteiger partial charge in [0.25, 0.3) is 0 Å². The van der Waals surface area contributed by atoms with Gasteiger partial charge >= 0.3 is 0 Å². The maximum Gasteiger partial charge on any atom is 0.0782 e. The van der Waals surface area contributed by atoms with E-state index in [1.807, 2.05) is 0 Å². The summed E-state index contributed by atoms with van der Waals surface area (Å²) in [5, 5.41) is 12.9. The van der Waals surface area contributed by atoms with Crippen LogP contribution in [0.3, 0.4) is 0 Å². The SMILES string of the molecule is CC(C)c1cc(N(c2cccc3c2CCCC3)c2cccc3c4ccccc4n(-c4ccc(C(C)(C)C)cc4)c23)c2ccc3c(C(C)C)cc(N(c4cccc5c4CCCC5)c4cccc5c6ccccc6n(-c6ccc(C(C)(C)C)cc6)c45)c4ccc1c2c34. The van der Waals surface area contributed by atoms with E-state index in [4.69, 9.17) is 0 Å². The molecule has 16 rings (SSSR count). The van der Waals surface area contributed by atoms with Crippen LogP contribution in [0.25, 0.3) is 87.3 Å². The highest BCUT2D eigenvalue weighted by molar-refractivity contribution is 6.30. The molecule has 2 heterocycles. The van der Waals surface area contributed by atoms with Crippen LogP contribution >= 0.6 is 0 Å². The van der Waals surface area contributed by atoms with Crippen molar-refractivity contribution in [2.45, 2.75) is 143 Å². The minimum Gasteiger partial charge on any atom is -0.307 e. The fraction of sp³-hybridized carbons (Fsp3) is 0.256. The Balaban J connectivity index is 1.03. The Labute approximate surface area is 531 Å². The Hall–Kier alpha value is -9.12. The number of nitrogens with zero attached hydrogens (tertiary/aromatic N) is 4. The van der Waals surface area contributed by atoms with Crippen molar-refractivity contribution in [1.29, 1.82) is 0 Å². The number of aryl methyl sites for hydroxylation is 2. The first-order valence-electron chi connectivity index (χ1n) is 33.5. The van der Waals surface area contributed by atoms with E-state index in [0.29, 0.717) is 0 Å². The van der Waals surface area contributed by atoms with Gasteiger partial charge in [0.15, 0.2) is 0 Å². The van der Waals surface area contributed by atoms with Gasteiger partial charge in [-0.05, 0) is 213 Å². The van der Waals surface area contributed by atoms with E-state index in [1.54, 1.807) is 0 Å². The second-order valence-corrected chi connectivity index (χ2v) is 28.9. The summed E-state index contributed by atoms with van der Waals surface area (Å²) in [6.45, 7) is 23.5. The summed E-state index contributed by atoms with van der Waals surface area (Å²) in [6.07, 6.45) is 9.07. The minimum atomic E-state index is 0.0293. The van der Waals surface area contributed by atoms with Crippen molar-refractivity contribution in [2.75, 3.05) is 9.80 Å². The number of aromatic nitrogens is 2. The van der Waals surface area contributed by atoms with E-state index in [-0.39, 0.29) is 22.7 Å². The first kappa shape index (κ1) is 56.1. The first-order chi connectivity index (χ1) is 43.6. The largest absolute Gasteiger partial charge is 0.307 e. The average Bonchev–Trinajstić information content (AvgIpc) is 1.05. The molecule has 0 atom stereocenters. The van der Waals surface area contributed by atoms with Crippen molar-refractivity contribution < 1.29 is 0 Å². The fourth-order valence-electron chi connectivity index (χ4n) is 16.2. The van der Waals surface area contributed by atoms with Crippen LogP contribution in [0.4, 0.5) is 34.1 Å². The minimum absolute atomic E-state index is 0.0293. The average molecular weight is 1170 g/mol. The third-order valence-electron chi connectivity index (χ3n) is 20.7. The Morgan fingerprint density at radius 3 is 1.08 bits per heavy atom. The molecule has 0 amide bonds. The number of para-hydroxylation sites is 4. The summed E-state index contributed by atoms with van der Waals surface area (Å²) >= 11 is 0. The summed E-state index contributed by atoms with van der Waals surface area (Å²) in [7, 11) is 0. The molecule has 0 spiro atoms. The molecular formula is C86H82N4. The quantitative estimate of drug-likeness (QED) is 0.127. The van der Waals surface area contributed by atoms with Crippen molar-refractivity contribution in [3.63, 3.8) is 0 Å². The number of anilines is 6. The molecule has 90 heavy (non-hydrogen) atoms. The highest BCUT2D eigenvalue weighted by Crippen LogP contribution is 2.55. The lowest BCUT2D eigenvalue weighted by Gasteiger charge is -2.34. The molecule has 14 aromatic rings. The number of hydrogen-bond donors (Lipinski definition) is 0. The maximum atomic E-state index is 2.73. The van der Waals surface area contributed by atoms with Crippen LogP contribution in [-0.4, -0.2) is 9.13 Å². The van der Waals surface area contributed by atoms with Crippen LogP contribution in [-0.2, 0) is 36.5 Å². The second kappa shape index (κ2) is 21.3. The zero-order valence-corrected chi connectivity index (χ0v) is 54.2. The molecule has 4 heteroatoms. The molecule has 0 bridgehead atoms. The van der Waals surface area contributed by atoms with Gasteiger partial charge in [0.2, 0.25) is 0 Å². The molecule has 0 unspecified atom stereocenters. The molecule has 0 radical (unpaired) electrons. The van der Waals surface area contributed by atoms with Gasteiger partial charge in [-0.15, -0.1) is 0 Å². The van der Waals surface area contributed by atoms with Crippen LogP contribution < -0.4 is 9.80 Å². The topological polar surface area (TPSA) is 16.3 Å². The van der Waals surface area contributed by atoms with Crippen LogP contribution in [0.5, 0.6) is 0 Å². The van der Waals surface area contributed by atoms with Gasteiger partial charge in [0, 0.05) is 55.1 Å². The zero-order valence-electron chi connectivity index (χ0n) is 54.2. The lowest BCUT2D eigenvalue weighted by Crippen LogP contribution is -2.18. The molecule has 12 aromatic carbocycles. The van der Waals surface area contributed by atoms with Crippen molar-refractivity contribution in [2.24, 2.45) is 0 Å². The summed E-state index contributed by atoms with van der Waals surface area (Å²) in [6, 6.07) is 80.7. The molecule has 0 saturated carbocycles. The molecular weight excluding hydrogens is 1090 g/mol. The lowest BCUT2D eigenvalue weighted by atomic mass is 9.83. The predicted octanol–water partition coefficient (Wildman–Crippen LogP) is 24.3. The molecule has 0 saturated heterocycles. The van der Waals surface area contributed by atoms with Gasteiger partial charge in [0.05, 0.1) is 44.8 Å². The Morgan fingerprint density at radius 2 is 0.678 bits per heavy atom. The number of hydrogen-bond acceptors (Lipinski definition) is 2. The fourth-order valence-corrected chi connectivity index (χ4v) is 16.2. The first-order valence-corrected chi connectivity index (χ1v) is 33.5. The normalized spacial score (nSPS) is 14.0. The van der Waals surface area contributed by atoms with Gasteiger partial charge < -0.3 is 18.9 Å². The summed E-state index contributed by atoms with van der Waals surface area (Å²) in [5.74, 6) is 0.466. The number of rotatable bonds is 10. The third kappa shape index (κ3) is 8.82. The number of benzene rings is 12. The lowest BCUT2D eigenvalue weighted by molar-refractivity contribution is 0.590. The molecule has 446 valence electrons. The van der Waals surface area contributed by atoms with Crippen molar-refractivity contribution >= 4 is 110 Å².